The fraction of sp³-hybridized carbons (Fsp3) is 0.333. The Labute approximate surface area is 94.7 Å². The van der Waals surface area contributed by atoms with Crippen LogP contribution in [0.2, 0.25) is 0 Å². The summed E-state index contributed by atoms with van der Waals surface area (Å²) < 4.78 is 5.41. The van der Waals surface area contributed by atoms with Gasteiger partial charge in [0, 0.05) is 12.4 Å². The van der Waals surface area contributed by atoms with E-state index in [0.29, 0.717) is 5.89 Å². The summed E-state index contributed by atoms with van der Waals surface area (Å²) in [6.07, 6.45) is 7.21. The summed E-state index contributed by atoms with van der Waals surface area (Å²) in [6, 6.07) is 3.82. The Morgan fingerprint density at radius 2 is 2.38 bits per heavy atom. The summed E-state index contributed by atoms with van der Waals surface area (Å²) in [7, 11) is 1.95. The molecular formula is C12H15N3O. The molecule has 2 aromatic rings. The molecule has 0 spiro atoms. The number of nitrogens with one attached hydrogen (secondary N) is 1. The molecule has 0 radical (unpaired) electrons. The minimum atomic E-state index is 0.646. The maximum Gasteiger partial charge on any atom is 0.227 e. The van der Waals surface area contributed by atoms with E-state index < -0.39 is 0 Å². The molecule has 2 heterocycles. The van der Waals surface area contributed by atoms with E-state index in [1.54, 1.807) is 18.7 Å². The van der Waals surface area contributed by atoms with Gasteiger partial charge in [-0.3, -0.25) is 4.98 Å². The van der Waals surface area contributed by atoms with Gasteiger partial charge in [-0.05, 0) is 38.6 Å². The van der Waals surface area contributed by atoms with Crippen molar-refractivity contribution in [3.63, 3.8) is 0 Å². The highest BCUT2D eigenvalue weighted by molar-refractivity contribution is 5.50. The topological polar surface area (TPSA) is 51.0 Å². The lowest BCUT2D eigenvalue weighted by Gasteiger charge is -1.95. The predicted octanol–water partition coefficient (Wildman–Crippen LogP) is 1.89. The van der Waals surface area contributed by atoms with Crippen LogP contribution in [0.1, 0.15) is 12.1 Å². The van der Waals surface area contributed by atoms with E-state index in [-0.39, 0.29) is 0 Å². The second-order valence-corrected chi connectivity index (χ2v) is 3.59. The second-order valence-electron chi connectivity index (χ2n) is 3.59. The predicted molar refractivity (Wildman–Crippen MR) is 62.0 cm³/mol. The normalized spacial score (nSPS) is 10.6. The smallest absolute Gasteiger partial charge is 0.227 e. The van der Waals surface area contributed by atoms with Crippen LogP contribution >= 0.6 is 0 Å². The van der Waals surface area contributed by atoms with Crippen molar-refractivity contribution in [1.29, 1.82) is 0 Å². The van der Waals surface area contributed by atoms with Gasteiger partial charge in [-0.1, -0.05) is 0 Å². The van der Waals surface area contributed by atoms with Gasteiger partial charge in [-0.25, -0.2) is 4.98 Å². The van der Waals surface area contributed by atoms with Gasteiger partial charge in [-0.15, -0.1) is 0 Å². The molecule has 2 aromatic heterocycles. The van der Waals surface area contributed by atoms with Crippen LogP contribution in [0.25, 0.3) is 11.5 Å². The maximum absolute atomic E-state index is 5.41. The Morgan fingerprint density at radius 3 is 3.12 bits per heavy atom. The number of hydrogen-bond acceptors (Lipinski definition) is 4. The quantitative estimate of drug-likeness (QED) is 0.777. The van der Waals surface area contributed by atoms with Gasteiger partial charge in [0.2, 0.25) is 5.89 Å². The second kappa shape index (κ2) is 5.42. The third-order valence-electron chi connectivity index (χ3n) is 2.32. The van der Waals surface area contributed by atoms with Crippen molar-refractivity contribution in [1.82, 2.24) is 15.3 Å². The lowest BCUT2D eigenvalue weighted by atomic mass is 10.2. The van der Waals surface area contributed by atoms with E-state index in [2.05, 4.69) is 15.3 Å². The van der Waals surface area contributed by atoms with Gasteiger partial charge in [0.1, 0.15) is 6.26 Å². The van der Waals surface area contributed by atoms with E-state index in [4.69, 9.17) is 4.42 Å². The molecule has 4 nitrogen and oxygen atoms in total. The van der Waals surface area contributed by atoms with Crippen molar-refractivity contribution in [3.8, 4) is 11.5 Å². The van der Waals surface area contributed by atoms with Gasteiger partial charge < -0.3 is 9.73 Å². The Kier molecular flexibility index (Phi) is 3.66. The molecule has 0 unspecified atom stereocenters. The van der Waals surface area contributed by atoms with E-state index >= 15 is 0 Å². The molecule has 16 heavy (non-hydrogen) atoms. The first kappa shape index (κ1) is 10.8. The largest absolute Gasteiger partial charge is 0.444 e. The third kappa shape index (κ3) is 2.67. The molecular weight excluding hydrogens is 202 g/mol. The Bertz CT molecular complexity index is 425. The monoisotopic (exact) mass is 217 g/mol. The molecule has 0 bridgehead atoms. The number of aromatic nitrogens is 2. The van der Waals surface area contributed by atoms with Gasteiger partial charge >= 0.3 is 0 Å². The summed E-state index contributed by atoms with van der Waals surface area (Å²) in [6.45, 7) is 0.995. The first-order chi connectivity index (χ1) is 7.90. The molecule has 0 aliphatic carbocycles. The van der Waals surface area contributed by atoms with Crippen LogP contribution in [0, 0.1) is 0 Å². The summed E-state index contributed by atoms with van der Waals surface area (Å²) in [4.78, 5) is 8.45. The highest BCUT2D eigenvalue weighted by atomic mass is 16.3. The SMILES string of the molecule is CNCCCc1coc(-c2cccnc2)n1. The van der Waals surface area contributed by atoms with E-state index in [1.807, 2.05) is 19.2 Å². The number of oxazole rings is 1. The minimum absolute atomic E-state index is 0.646. The number of aryl methyl sites for hydroxylation is 1. The van der Waals surface area contributed by atoms with Crippen LogP contribution in [0.5, 0.6) is 0 Å². The summed E-state index contributed by atoms with van der Waals surface area (Å²) >= 11 is 0. The van der Waals surface area contributed by atoms with E-state index in [0.717, 1.165) is 30.6 Å². The molecule has 0 aromatic carbocycles. The van der Waals surface area contributed by atoms with Crippen LogP contribution < -0.4 is 5.32 Å². The van der Waals surface area contributed by atoms with Gasteiger partial charge in [0.05, 0.1) is 11.3 Å². The van der Waals surface area contributed by atoms with Crippen LogP contribution in [-0.4, -0.2) is 23.6 Å². The van der Waals surface area contributed by atoms with E-state index in [1.165, 1.54) is 0 Å². The molecule has 0 aliphatic rings. The fourth-order valence-corrected chi connectivity index (χ4v) is 1.49. The molecule has 2 rings (SSSR count). The molecule has 0 saturated heterocycles. The average Bonchev–Trinajstić information content (AvgIpc) is 2.79. The Morgan fingerprint density at radius 1 is 1.44 bits per heavy atom. The third-order valence-corrected chi connectivity index (χ3v) is 2.32. The molecule has 1 N–H and O–H groups in total. The Balaban J connectivity index is 2.02. The van der Waals surface area contributed by atoms with Crippen LogP contribution in [-0.2, 0) is 6.42 Å². The molecule has 0 amide bonds. The first-order valence-electron chi connectivity index (χ1n) is 5.39. The molecule has 0 aliphatic heterocycles. The van der Waals surface area contributed by atoms with E-state index in [9.17, 15) is 0 Å². The highest BCUT2D eigenvalue weighted by Crippen LogP contribution is 2.17. The van der Waals surface area contributed by atoms with Gasteiger partial charge in [0.25, 0.3) is 0 Å². The molecule has 0 saturated carbocycles. The highest BCUT2D eigenvalue weighted by Gasteiger charge is 2.05. The first-order valence-corrected chi connectivity index (χ1v) is 5.39. The average molecular weight is 217 g/mol. The van der Waals surface area contributed by atoms with Crippen molar-refractivity contribution in [2.24, 2.45) is 0 Å². The minimum Gasteiger partial charge on any atom is -0.444 e. The summed E-state index contributed by atoms with van der Waals surface area (Å²) in [5.74, 6) is 0.646. The number of rotatable bonds is 5. The van der Waals surface area contributed by atoms with Crippen molar-refractivity contribution in [3.05, 3.63) is 36.5 Å². The molecule has 4 heteroatoms. The van der Waals surface area contributed by atoms with Crippen molar-refractivity contribution >= 4 is 0 Å². The summed E-state index contributed by atoms with van der Waals surface area (Å²) in [5.41, 5.74) is 1.91. The standard InChI is InChI=1S/C12H15N3O/c1-13-6-3-5-11-9-16-12(15-11)10-4-2-7-14-8-10/h2,4,7-9,13H,3,5-6H2,1H3. The van der Waals surface area contributed by atoms with Crippen LogP contribution in [0.15, 0.2) is 35.2 Å². The Hall–Kier alpha value is -1.68. The number of pyridine rings is 1. The summed E-state index contributed by atoms with van der Waals surface area (Å²) in [5, 5.41) is 3.11. The number of nitrogens with zero attached hydrogens (tertiary/aromatic N) is 2. The maximum atomic E-state index is 5.41. The lowest BCUT2D eigenvalue weighted by molar-refractivity contribution is 0.571. The van der Waals surface area contributed by atoms with Crippen molar-refractivity contribution in [2.45, 2.75) is 12.8 Å². The van der Waals surface area contributed by atoms with Crippen LogP contribution in [0.3, 0.4) is 0 Å². The molecule has 0 fully saturated rings. The molecule has 84 valence electrons. The van der Waals surface area contributed by atoms with Gasteiger partial charge in [-0.2, -0.15) is 0 Å². The van der Waals surface area contributed by atoms with Crippen molar-refractivity contribution in [2.75, 3.05) is 13.6 Å². The zero-order valence-electron chi connectivity index (χ0n) is 9.31. The zero-order valence-corrected chi connectivity index (χ0v) is 9.31. The van der Waals surface area contributed by atoms with Crippen molar-refractivity contribution < 1.29 is 4.42 Å². The number of hydrogen-bond donors (Lipinski definition) is 1. The zero-order chi connectivity index (χ0) is 11.2. The molecule has 0 atom stereocenters. The van der Waals surface area contributed by atoms with Gasteiger partial charge in [0.15, 0.2) is 0 Å². The lowest BCUT2D eigenvalue weighted by Crippen LogP contribution is -2.08. The fourth-order valence-electron chi connectivity index (χ4n) is 1.49. The van der Waals surface area contributed by atoms with Crippen LogP contribution in [0.4, 0.5) is 0 Å².